The van der Waals surface area contributed by atoms with Crippen LogP contribution >= 0.6 is 0 Å². The summed E-state index contributed by atoms with van der Waals surface area (Å²) in [6.45, 7) is 3.14. The van der Waals surface area contributed by atoms with Crippen LogP contribution < -0.4 is 10.2 Å². The van der Waals surface area contributed by atoms with Crippen LogP contribution in [0.3, 0.4) is 0 Å². The maximum Gasteiger partial charge on any atom is 0.253 e. The highest BCUT2D eigenvalue weighted by Crippen LogP contribution is 2.20. The predicted octanol–water partition coefficient (Wildman–Crippen LogP) is 2.88. The minimum Gasteiger partial charge on any atom is -0.378 e. The third-order valence-electron chi connectivity index (χ3n) is 4.48. The van der Waals surface area contributed by atoms with Gasteiger partial charge in [0.2, 0.25) is 5.91 Å². The van der Waals surface area contributed by atoms with Crippen LogP contribution in [0.1, 0.15) is 15.9 Å². The number of carbonyl (C=O) groups is 2. The second-order valence-corrected chi connectivity index (χ2v) is 6.79. The zero-order valence-electron chi connectivity index (χ0n) is 16.2. The van der Waals surface area contributed by atoms with Gasteiger partial charge in [0.15, 0.2) is 0 Å². The number of benzene rings is 2. The molecule has 0 aromatic heterocycles. The normalized spacial score (nSPS) is 14.1. The molecule has 1 heterocycles. The molecule has 0 atom stereocenters. The predicted molar refractivity (Wildman–Crippen MR) is 112 cm³/mol. The first-order chi connectivity index (χ1) is 13.5. The second-order valence-electron chi connectivity index (χ2n) is 6.79. The van der Waals surface area contributed by atoms with Crippen LogP contribution in [-0.2, 0) is 9.53 Å². The van der Waals surface area contributed by atoms with Gasteiger partial charge >= 0.3 is 0 Å². The van der Waals surface area contributed by atoms with Gasteiger partial charge in [0, 0.05) is 50.2 Å². The van der Waals surface area contributed by atoms with Crippen LogP contribution in [-0.4, -0.2) is 57.1 Å². The summed E-state index contributed by atoms with van der Waals surface area (Å²) in [6, 6.07) is 15.0. The number of hydrogen-bond donors (Lipinski definition) is 1. The fraction of sp³-hybridized carbons (Fsp3) is 0.273. The largest absolute Gasteiger partial charge is 0.378 e. The Hall–Kier alpha value is -3.12. The van der Waals surface area contributed by atoms with Crippen LogP contribution in [0.15, 0.2) is 54.6 Å². The molecule has 6 nitrogen and oxygen atoms in total. The van der Waals surface area contributed by atoms with Gasteiger partial charge < -0.3 is 19.9 Å². The molecular formula is C22H25N3O3. The van der Waals surface area contributed by atoms with E-state index in [1.807, 2.05) is 36.4 Å². The summed E-state index contributed by atoms with van der Waals surface area (Å²) in [5, 5.41) is 2.89. The van der Waals surface area contributed by atoms with Crippen molar-refractivity contribution in [2.24, 2.45) is 0 Å². The Morgan fingerprint density at radius 1 is 1.07 bits per heavy atom. The van der Waals surface area contributed by atoms with Crippen LogP contribution in [0.5, 0.6) is 0 Å². The van der Waals surface area contributed by atoms with Gasteiger partial charge in [0.25, 0.3) is 5.91 Å². The van der Waals surface area contributed by atoms with E-state index in [2.05, 4.69) is 10.2 Å². The van der Waals surface area contributed by atoms with Gasteiger partial charge in [-0.15, -0.1) is 0 Å². The van der Waals surface area contributed by atoms with Crippen molar-refractivity contribution in [3.05, 3.63) is 65.7 Å². The maximum absolute atomic E-state index is 12.2. The van der Waals surface area contributed by atoms with Crippen molar-refractivity contribution in [2.75, 3.05) is 50.6 Å². The lowest BCUT2D eigenvalue weighted by Gasteiger charge is -2.29. The van der Waals surface area contributed by atoms with E-state index in [4.69, 9.17) is 4.74 Å². The quantitative estimate of drug-likeness (QED) is 0.812. The third kappa shape index (κ3) is 5.20. The number of anilines is 2. The monoisotopic (exact) mass is 379 g/mol. The zero-order chi connectivity index (χ0) is 19.9. The van der Waals surface area contributed by atoms with Gasteiger partial charge in [-0.1, -0.05) is 18.2 Å². The molecule has 28 heavy (non-hydrogen) atoms. The number of morpholine rings is 1. The van der Waals surface area contributed by atoms with Crippen molar-refractivity contribution >= 4 is 29.3 Å². The first-order valence-corrected chi connectivity index (χ1v) is 9.26. The number of nitrogens with one attached hydrogen (secondary N) is 1. The molecule has 146 valence electrons. The van der Waals surface area contributed by atoms with E-state index in [1.165, 1.54) is 11.0 Å². The Bertz CT molecular complexity index is 854. The van der Waals surface area contributed by atoms with E-state index in [0.29, 0.717) is 5.56 Å². The molecule has 0 radical (unpaired) electrons. The molecule has 0 saturated carbocycles. The summed E-state index contributed by atoms with van der Waals surface area (Å²) >= 11 is 0. The molecule has 0 spiro atoms. The Labute approximate surface area is 165 Å². The van der Waals surface area contributed by atoms with Crippen LogP contribution in [0.25, 0.3) is 6.08 Å². The minimum atomic E-state index is -0.201. The maximum atomic E-state index is 12.2. The highest BCUT2D eigenvalue weighted by molar-refractivity contribution is 6.02. The van der Waals surface area contributed by atoms with Crippen molar-refractivity contribution in [3.63, 3.8) is 0 Å². The van der Waals surface area contributed by atoms with Crippen LogP contribution in [0, 0.1) is 0 Å². The van der Waals surface area contributed by atoms with Crippen molar-refractivity contribution in [1.82, 2.24) is 4.90 Å². The lowest BCUT2D eigenvalue weighted by atomic mass is 10.1. The van der Waals surface area contributed by atoms with E-state index >= 15 is 0 Å². The van der Waals surface area contributed by atoms with Crippen molar-refractivity contribution in [1.29, 1.82) is 0 Å². The van der Waals surface area contributed by atoms with Gasteiger partial charge in [-0.25, -0.2) is 0 Å². The average Bonchev–Trinajstić information content (AvgIpc) is 2.73. The summed E-state index contributed by atoms with van der Waals surface area (Å²) in [5.74, 6) is -0.249. The first kappa shape index (κ1) is 19.6. The Morgan fingerprint density at radius 2 is 1.79 bits per heavy atom. The molecule has 2 amide bonds. The van der Waals surface area contributed by atoms with E-state index in [9.17, 15) is 9.59 Å². The molecule has 1 N–H and O–H groups in total. The molecular weight excluding hydrogens is 354 g/mol. The van der Waals surface area contributed by atoms with Crippen molar-refractivity contribution in [3.8, 4) is 0 Å². The second kappa shape index (κ2) is 9.19. The molecule has 1 saturated heterocycles. The molecule has 0 bridgehead atoms. The molecule has 1 aliphatic heterocycles. The zero-order valence-corrected chi connectivity index (χ0v) is 16.2. The molecule has 0 unspecified atom stereocenters. The highest BCUT2D eigenvalue weighted by atomic mass is 16.5. The lowest BCUT2D eigenvalue weighted by molar-refractivity contribution is -0.111. The van der Waals surface area contributed by atoms with E-state index in [0.717, 1.165) is 43.2 Å². The highest BCUT2D eigenvalue weighted by Gasteiger charge is 2.11. The van der Waals surface area contributed by atoms with Crippen LogP contribution in [0.4, 0.5) is 11.4 Å². The Morgan fingerprint density at radius 3 is 2.46 bits per heavy atom. The van der Waals surface area contributed by atoms with Crippen molar-refractivity contribution < 1.29 is 14.3 Å². The first-order valence-electron chi connectivity index (χ1n) is 9.26. The lowest BCUT2D eigenvalue weighted by Crippen LogP contribution is -2.36. The number of amides is 2. The molecule has 0 aliphatic carbocycles. The summed E-state index contributed by atoms with van der Waals surface area (Å²) in [4.78, 5) is 27.9. The van der Waals surface area contributed by atoms with Gasteiger partial charge in [0.05, 0.1) is 13.2 Å². The van der Waals surface area contributed by atoms with Crippen LogP contribution in [0.2, 0.25) is 0 Å². The number of rotatable bonds is 5. The van der Waals surface area contributed by atoms with E-state index in [1.54, 1.807) is 32.3 Å². The number of hydrogen-bond acceptors (Lipinski definition) is 4. The smallest absolute Gasteiger partial charge is 0.253 e. The minimum absolute atomic E-state index is 0.0478. The fourth-order valence-electron chi connectivity index (χ4n) is 2.95. The number of ether oxygens (including phenoxy) is 1. The van der Waals surface area contributed by atoms with E-state index < -0.39 is 0 Å². The Balaban J connectivity index is 1.60. The standard InChI is InChI=1S/C22H25N3O3/c1-24(2)22(27)18-9-6-17(7-10-18)8-11-21(26)23-19-4-3-5-20(16-19)25-12-14-28-15-13-25/h3-11,16H,12-15H2,1-2H3,(H,23,26)/b11-8+. The molecule has 6 heteroatoms. The summed E-state index contributed by atoms with van der Waals surface area (Å²) in [7, 11) is 3.43. The average molecular weight is 379 g/mol. The number of nitrogens with zero attached hydrogens (tertiary/aromatic N) is 2. The summed E-state index contributed by atoms with van der Waals surface area (Å²) < 4.78 is 5.38. The van der Waals surface area contributed by atoms with Gasteiger partial charge in [-0.2, -0.15) is 0 Å². The van der Waals surface area contributed by atoms with Gasteiger partial charge in [-0.3, -0.25) is 9.59 Å². The molecule has 1 fully saturated rings. The topological polar surface area (TPSA) is 61.9 Å². The Kier molecular flexibility index (Phi) is 6.45. The molecule has 1 aliphatic rings. The fourth-order valence-corrected chi connectivity index (χ4v) is 2.95. The molecule has 2 aromatic carbocycles. The third-order valence-corrected chi connectivity index (χ3v) is 4.48. The summed E-state index contributed by atoms with van der Waals surface area (Å²) in [6.07, 6.45) is 3.22. The number of carbonyl (C=O) groups excluding carboxylic acids is 2. The summed E-state index contributed by atoms with van der Waals surface area (Å²) in [5.41, 5.74) is 3.30. The van der Waals surface area contributed by atoms with Crippen molar-refractivity contribution in [2.45, 2.75) is 0 Å². The molecule has 2 aromatic rings. The van der Waals surface area contributed by atoms with Gasteiger partial charge in [0.1, 0.15) is 0 Å². The van der Waals surface area contributed by atoms with Gasteiger partial charge in [-0.05, 0) is 42.0 Å². The molecule has 3 rings (SSSR count). The SMILES string of the molecule is CN(C)C(=O)c1ccc(/C=C/C(=O)Nc2cccc(N3CCOCC3)c2)cc1. The van der Waals surface area contributed by atoms with E-state index in [-0.39, 0.29) is 11.8 Å².